The smallest absolute Gasteiger partial charge is 0.272 e. The van der Waals surface area contributed by atoms with E-state index < -0.39 is 11.8 Å². The molecule has 0 spiro atoms. The molecule has 0 aliphatic heterocycles. The molecule has 5 nitrogen and oxygen atoms in total. The Labute approximate surface area is 251 Å². The maximum absolute atomic E-state index is 13.2. The van der Waals surface area contributed by atoms with Crippen LogP contribution in [0.15, 0.2) is 103 Å². The summed E-state index contributed by atoms with van der Waals surface area (Å²) >= 11 is 24.5. The molecular weight excluding hydrogens is 590 g/mol. The SMILES string of the molecule is O=C(Nc1ccc(C(=O)/C=C/c2ccc(Cl)cc2Cl)cc1)/C(=C/c1cccc(Cl)c1Cl)NC(=O)c1ccccc1. The minimum absolute atomic E-state index is 0.0547. The molecule has 0 aliphatic rings. The molecule has 0 heterocycles. The number of nitrogens with one attached hydrogen (secondary N) is 2. The fraction of sp³-hybridized carbons (Fsp3) is 0. The maximum Gasteiger partial charge on any atom is 0.272 e. The zero-order valence-corrected chi connectivity index (χ0v) is 23.7. The molecule has 0 saturated carbocycles. The van der Waals surface area contributed by atoms with Crippen LogP contribution in [0.3, 0.4) is 0 Å². The van der Waals surface area contributed by atoms with Crippen LogP contribution in [0.25, 0.3) is 12.2 Å². The predicted octanol–water partition coefficient (Wildman–Crippen LogP) is 8.61. The third kappa shape index (κ3) is 7.62. The highest BCUT2D eigenvalue weighted by Crippen LogP contribution is 2.27. The second-order valence-corrected chi connectivity index (χ2v) is 10.0. The topological polar surface area (TPSA) is 75.3 Å². The minimum atomic E-state index is -0.600. The van der Waals surface area contributed by atoms with E-state index in [0.29, 0.717) is 43.0 Å². The monoisotopic (exact) mass is 608 g/mol. The van der Waals surface area contributed by atoms with E-state index >= 15 is 0 Å². The van der Waals surface area contributed by atoms with Gasteiger partial charge in [-0.2, -0.15) is 0 Å². The number of benzene rings is 4. The van der Waals surface area contributed by atoms with E-state index in [0.717, 1.165) is 0 Å². The van der Waals surface area contributed by atoms with Gasteiger partial charge in [-0.15, -0.1) is 0 Å². The average Bonchev–Trinajstić information content (AvgIpc) is 2.95. The van der Waals surface area contributed by atoms with Crippen LogP contribution in [0, 0.1) is 0 Å². The Balaban J connectivity index is 1.52. The van der Waals surface area contributed by atoms with Crippen molar-refractivity contribution in [1.82, 2.24) is 5.32 Å². The molecule has 4 aromatic carbocycles. The molecule has 0 aromatic heterocycles. The van der Waals surface area contributed by atoms with Gasteiger partial charge in [0.15, 0.2) is 5.78 Å². The molecule has 2 amide bonds. The summed E-state index contributed by atoms with van der Waals surface area (Å²) in [4.78, 5) is 38.7. The lowest BCUT2D eigenvalue weighted by atomic mass is 10.1. The predicted molar refractivity (Wildman–Crippen MR) is 163 cm³/mol. The Morgan fingerprint density at radius 2 is 1.40 bits per heavy atom. The third-order valence-corrected chi connectivity index (χ3v) is 7.01. The molecule has 2 N–H and O–H groups in total. The molecule has 0 saturated heterocycles. The largest absolute Gasteiger partial charge is 0.321 e. The average molecular weight is 610 g/mol. The highest BCUT2D eigenvalue weighted by molar-refractivity contribution is 6.43. The molecule has 4 rings (SSSR count). The molecule has 9 heteroatoms. The molecule has 200 valence electrons. The van der Waals surface area contributed by atoms with Crippen LogP contribution in [0.4, 0.5) is 5.69 Å². The van der Waals surface area contributed by atoms with Gasteiger partial charge in [-0.05, 0) is 84.0 Å². The van der Waals surface area contributed by atoms with Crippen LogP contribution < -0.4 is 10.6 Å². The first-order chi connectivity index (χ1) is 19.2. The quantitative estimate of drug-likeness (QED) is 0.155. The van der Waals surface area contributed by atoms with Crippen molar-refractivity contribution in [2.24, 2.45) is 0 Å². The van der Waals surface area contributed by atoms with Crippen LogP contribution in [0.1, 0.15) is 31.8 Å². The van der Waals surface area contributed by atoms with Crippen molar-refractivity contribution in [1.29, 1.82) is 0 Å². The van der Waals surface area contributed by atoms with Crippen molar-refractivity contribution in [2.45, 2.75) is 0 Å². The number of halogens is 4. The van der Waals surface area contributed by atoms with Gasteiger partial charge in [0.2, 0.25) is 0 Å². The van der Waals surface area contributed by atoms with Gasteiger partial charge >= 0.3 is 0 Å². The van der Waals surface area contributed by atoms with E-state index in [-0.39, 0.29) is 16.5 Å². The lowest BCUT2D eigenvalue weighted by Crippen LogP contribution is -2.30. The van der Waals surface area contributed by atoms with Crippen LogP contribution >= 0.6 is 46.4 Å². The molecule has 0 aliphatic carbocycles. The summed E-state index contributed by atoms with van der Waals surface area (Å²) in [5.41, 5.74) is 2.22. The van der Waals surface area contributed by atoms with Crippen molar-refractivity contribution in [3.05, 3.63) is 145 Å². The number of ketones is 1. The highest BCUT2D eigenvalue weighted by Gasteiger charge is 2.16. The normalized spacial score (nSPS) is 11.3. The van der Waals surface area contributed by atoms with Crippen LogP contribution in [-0.2, 0) is 4.79 Å². The highest BCUT2D eigenvalue weighted by atomic mass is 35.5. The number of anilines is 1. The van der Waals surface area contributed by atoms with Crippen LogP contribution in [-0.4, -0.2) is 17.6 Å². The molecule has 0 atom stereocenters. The zero-order valence-electron chi connectivity index (χ0n) is 20.6. The van der Waals surface area contributed by atoms with E-state index in [1.165, 1.54) is 12.2 Å². The molecule has 40 heavy (non-hydrogen) atoms. The van der Waals surface area contributed by atoms with E-state index in [1.807, 2.05) is 0 Å². The summed E-state index contributed by atoms with van der Waals surface area (Å²) in [5.74, 6) is -1.33. The van der Waals surface area contributed by atoms with Crippen molar-refractivity contribution in [3.8, 4) is 0 Å². The number of hydrogen-bond donors (Lipinski definition) is 2. The summed E-state index contributed by atoms with van der Waals surface area (Å²) in [7, 11) is 0. The van der Waals surface area contributed by atoms with Crippen LogP contribution in [0.5, 0.6) is 0 Å². The van der Waals surface area contributed by atoms with Gasteiger partial charge in [-0.1, -0.05) is 82.8 Å². The number of carbonyl (C=O) groups excluding carboxylic acids is 3. The van der Waals surface area contributed by atoms with Crippen molar-refractivity contribution in [2.75, 3.05) is 5.32 Å². The second kappa shape index (κ2) is 13.5. The fourth-order valence-corrected chi connectivity index (χ4v) is 4.38. The van der Waals surface area contributed by atoms with Crippen molar-refractivity contribution >= 4 is 81.8 Å². The number of carbonyl (C=O) groups is 3. The molecule has 0 fully saturated rings. The van der Waals surface area contributed by atoms with Gasteiger partial charge < -0.3 is 10.6 Å². The number of allylic oxidation sites excluding steroid dienone is 1. The first-order valence-electron chi connectivity index (χ1n) is 11.8. The van der Waals surface area contributed by atoms with E-state index in [1.54, 1.807) is 97.1 Å². The molecule has 0 unspecified atom stereocenters. The second-order valence-electron chi connectivity index (χ2n) is 8.42. The summed E-state index contributed by atoms with van der Waals surface area (Å²) in [5, 5.41) is 6.84. The Bertz CT molecular complexity index is 1630. The Hall–Kier alpha value is -3.87. The van der Waals surface area contributed by atoms with E-state index in [4.69, 9.17) is 46.4 Å². The van der Waals surface area contributed by atoms with Gasteiger partial charge in [0.25, 0.3) is 11.8 Å². The van der Waals surface area contributed by atoms with Gasteiger partial charge in [0, 0.05) is 26.9 Å². The first kappa shape index (κ1) is 29.1. The van der Waals surface area contributed by atoms with Crippen LogP contribution in [0.2, 0.25) is 20.1 Å². The lowest BCUT2D eigenvalue weighted by molar-refractivity contribution is -0.113. The first-order valence-corrected chi connectivity index (χ1v) is 13.3. The van der Waals surface area contributed by atoms with Gasteiger partial charge in [0.1, 0.15) is 5.70 Å². The van der Waals surface area contributed by atoms with Gasteiger partial charge in [-0.25, -0.2) is 0 Å². The fourth-order valence-electron chi connectivity index (χ4n) is 3.54. The van der Waals surface area contributed by atoms with E-state index in [9.17, 15) is 14.4 Å². The number of amides is 2. The molecule has 0 radical (unpaired) electrons. The maximum atomic E-state index is 13.2. The Kier molecular flexibility index (Phi) is 9.80. The van der Waals surface area contributed by atoms with E-state index in [2.05, 4.69) is 10.6 Å². The molecular formula is C31H20Cl4N2O3. The lowest BCUT2D eigenvalue weighted by Gasteiger charge is -2.12. The van der Waals surface area contributed by atoms with Crippen molar-refractivity contribution < 1.29 is 14.4 Å². The van der Waals surface area contributed by atoms with Gasteiger partial charge in [0.05, 0.1) is 10.0 Å². The summed E-state index contributed by atoms with van der Waals surface area (Å²) < 4.78 is 0. The number of hydrogen-bond acceptors (Lipinski definition) is 3. The van der Waals surface area contributed by atoms with Crippen molar-refractivity contribution in [3.63, 3.8) is 0 Å². The summed E-state index contributed by atoms with van der Waals surface area (Å²) in [6.45, 7) is 0. The third-order valence-electron chi connectivity index (χ3n) is 5.61. The molecule has 0 bridgehead atoms. The summed E-state index contributed by atoms with van der Waals surface area (Å²) in [6.07, 6.45) is 4.44. The van der Waals surface area contributed by atoms with Gasteiger partial charge in [-0.3, -0.25) is 14.4 Å². The zero-order chi connectivity index (χ0) is 28.6. The Morgan fingerprint density at radius 3 is 2.10 bits per heavy atom. The minimum Gasteiger partial charge on any atom is -0.321 e. The Morgan fingerprint density at radius 1 is 0.675 bits per heavy atom. The molecule has 4 aromatic rings. The standard InChI is InChI=1S/C31H20Cl4N2O3/c32-23-13-9-19(26(34)18-23)12-16-28(38)20-10-14-24(15-11-20)36-31(40)27(17-22-7-4-8-25(33)29(22)35)37-30(39)21-5-2-1-3-6-21/h1-18H,(H,36,40)(H,37,39)/b16-12+,27-17-. The number of rotatable bonds is 8. The summed E-state index contributed by atoms with van der Waals surface area (Å²) in [6, 6.07) is 24.7.